The van der Waals surface area contributed by atoms with Gasteiger partial charge in [0.15, 0.2) is 0 Å². The molecule has 316 valence electrons. The Bertz CT molecular complexity index is 2760. The number of hydrogen-bond donors (Lipinski definition) is 3. The summed E-state index contributed by atoms with van der Waals surface area (Å²) >= 11 is 0. The van der Waals surface area contributed by atoms with Gasteiger partial charge >= 0.3 is 0 Å². The highest BCUT2D eigenvalue weighted by atomic mass is 16.5. The summed E-state index contributed by atoms with van der Waals surface area (Å²) in [5.74, 6) is 0.483. The number of fused-ring (bicyclic) bond motifs is 8. The first kappa shape index (κ1) is 40.8. The van der Waals surface area contributed by atoms with E-state index in [0.717, 1.165) is 69.8 Å². The number of imidazole rings is 2. The molecule has 4 N–H and O–H groups in total. The molecule has 1 aliphatic rings. The third-order valence-corrected chi connectivity index (χ3v) is 11.4. The van der Waals surface area contributed by atoms with Crippen molar-refractivity contribution in [2.75, 3.05) is 29.7 Å². The molecular weight excluding hydrogens is 773 g/mol. The fraction of sp³-hybridized carbons (Fsp3) is 0.356. The number of primary amides is 1. The first-order valence-electron chi connectivity index (χ1n) is 20.9. The SMILES string of the molecule is CCn1nc(C)c2c1C(=O)Nc1nc3cc(C(N)=O)ccc3n1CCCCn1c(nc3c(N(C)Cc4ccc(OC)cc4)cccc31)NC(=O)c1cc(C)nn1CCCCC2. The number of nitrogens with two attached hydrogens (primary N) is 1. The standard InChI is InChI=1S/C45H52N12O4/c1-6-56-40-33(29(3)52-56)13-8-7-9-24-57-38(25-28(2)51-57)42(59)49-45-48-39-36(53(4)27-30-16-19-32(61-5)20-17-30)14-12-15-37(39)55(45)23-11-10-22-54-35-21-18-31(41(46)58)26-34(35)47-44(54)50-43(40)60/h12,14-21,25-26H,6-11,13,22-24,27H2,1-5H3,(H2,46,58)(H,47,50,60)(H,48,49,59). The molecule has 0 unspecified atom stereocenters. The molecule has 61 heavy (non-hydrogen) atoms. The Labute approximate surface area is 353 Å². The molecule has 0 spiro atoms. The number of carbonyl (C=O) groups is 3. The minimum Gasteiger partial charge on any atom is -0.497 e. The Kier molecular flexibility index (Phi) is 11.6. The zero-order valence-electron chi connectivity index (χ0n) is 35.4. The average molecular weight is 825 g/mol. The van der Waals surface area contributed by atoms with Crippen LogP contribution in [0.5, 0.6) is 5.75 Å². The van der Waals surface area contributed by atoms with Crippen molar-refractivity contribution in [3.8, 4) is 5.75 Å². The van der Waals surface area contributed by atoms with Crippen LogP contribution in [0.3, 0.4) is 0 Å². The molecule has 0 atom stereocenters. The molecule has 7 aromatic rings. The number of aromatic nitrogens is 8. The maximum atomic E-state index is 14.3. The molecule has 16 nitrogen and oxygen atoms in total. The summed E-state index contributed by atoms with van der Waals surface area (Å²) in [6.45, 7) is 8.56. The largest absolute Gasteiger partial charge is 0.497 e. The van der Waals surface area contributed by atoms with Gasteiger partial charge in [-0.2, -0.15) is 10.2 Å². The quantitative estimate of drug-likeness (QED) is 0.161. The van der Waals surface area contributed by atoms with Crippen LogP contribution in [0, 0.1) is 13.8 Å². The summed E-state index contributed by atoms with van der Waals surface area (Å²) < 4.78 is 12.9. The normalized spacial score (nSPS) is 14.3. The number of benzene rings is 3. The van der Waals surface area contributed by atoms with Crippen LogP contribution in [0.2, 0.25) is 0 Å². The van der Waals surface area contributed by atoms with Gasteiger partial charge in [0, 0.05) is 50.9 Å². The molecule has 0 radical (unpaired) electrons. The van der Waals surface area contributed by atoms with Crippen LogP contribution >= 0.6 is 0 Å². The summed E-state index contributed by atoms with van der Waals surface area (Å²) in [6.07, 6.45) is 4.47. The highest BCUT2D eigenvalue weighted by Crippen LogP contribution is 2.31. The van der Waals surface area contributed by atoms with Crippen LogP contribution in [0.25, 0.3) is 22.1 Å². The van der Waals surface area contributed by atoms with Crippen LogP contribution in [-0.2, 0) is 39.1 Å². The van der Waals surface area contributed by atoms with Gasteiger partial charge in [0.2, 0.25) is 17.8 Å². The number of aryl methyl sites for hydroxylation is 6. The van der Waals surface area contributed by atoms with E-state index in [9.17, 15) is 14.4 Å². The lowest BCUT2D eigenvalue weighted by molar-refractivity contribution is 0.0994. The lowest BCUT2D eigenvalue weighted by atomic mass is 10.0. The molecule has 16 heteroatoms. The van der Waals surface area contributed by atoms with Crippen molar-refractivity contribution in [1.29, 1.82) is 0 Å². The van der Waals surface area contributed by atoms with Gasteiger partial charge in [0.1, 0.15) is 22.7 Å². The van der Waals surface area contributed by atoms with E-state index in [4.69, 9.17) is 30.6 Å². The summed E-state index contributed by atoms with van der Waals surface area (Å²) in [4.78, 5) is 52.7. The Morgan fingerprint density at radius 2 is 1.56 bits per heavy atom. The number of methoxy groups -OCH3 is 1. The molecule has 0 saturated heterocycles. The number of nitrogens with zero attached hydrogens (tertiary/aromatic N) is 9. The van der Waals surface area contributed by atoms with Crippen LogP contribution in [0.4, 0.5) is 17.6 Å². The number of hydrogen-bond acceptors (Lipinski definition) is 9. The van der Waals surface area contributed by atoms with Gasteiger partial charge in [-0.05, 0) is 107 Å². The zero-order chi connectivity index (χ0) is 42.8. The maximum absolute atomic E-state index is 14.3. The van der Waals surface area contributed by atoms with E-state index in [0.29, 0.717) is 86.4 Å². The number of anilines is 3. The molecule has 5 heterocycles. The molecule has 1 aliphatic heterocycles. The van der Waals surface area contributed by atoms with Crippen molar-refractivity contribution in [3.05, 3.63) is 106 Å². The number of nitrogens with one attached hydrogen (secondary N) is 2. The summed E-state index contributed by atoms with van der Waals surface area (Å²) in [5.41, 5.74) is 14.4. The highest BCUT2D eigenvalue weighted by Gasteiger charge is 2.25. The fourth-order valence-corrected chi connectivity index (χ4v) is 8.36. The van der Waals surface area contributed by atoms with E-state index >= 15 is 0 Å². The van der Waals surface area contributed by atoms with E-state index < -0.39 is 5.91 Å². The van der Waals surface area contributed by atoms with Gasteiger partial charge in [0.05, 0.1) is 40.7 Å². The molecule has 8 rings (SSSR count). The Hall–Kier alpha value is -6.97. The van der Waals surface area contributed by atoms with Crippen LogP contribution in [0.15, 0.2) is 66.7 Å². The predicted molar refractivity (Wildman–Crippen MR) is 235 cm³/mol. The third kappa shape index (κ3) is 8.29. The molecule has 0 fully saturated rings. The van der Waals surface area contributed by atoms with Gasteiger partial charge in [0.25, 0.3) is 11.8 Å². The summed E-state index contributed by atoms with van der Waals surface area (Å²) in [7, 11) is 3.69. The monoisotopic (exact) mass is 824 g/mol. The summed E-state index contributed by atoms with van der Waals surface area (Å²) in [5, 5.41) is 15.7. The second-order valence-corrected chi connectivity index (χ2v) is 15.6. The minimum absolute atomic E-state index is 0.280. The van der Waals surface area contributed by atoms with Gasteiger partial charge in [-0.3, -0.25) is 34.4 Å². The Balaban J connectivity index is 1.16. The van der Waals surface area contributed by atoms with E-state index in [1.807, 2.05) is 87.0 Å². The van der Waals surface area contributed by atoms with Gasteiger partial charge in [-0.1, -0.05) is 24.6 Å². The third-order valence-electron chi connectivity index (χ3n) is 11.4. The molecule has 0 aliphatic carbocycles. The van der Waals surface area contributed by atoms with E-state index in [1.54, 1.807) is 28.6 Å². The molecule has 0 saturated carbocycles. The highest BCUT2D eigenvalue weighted by molar-refractivity contribution is 6.05. The smallest absolute Gasteiger partial charge is 0.276 e. The van der Waals surface area contributed by atoms with Gasteiger partial charge in [-0.25, -0.2) is 9.97 Å². The number of para-hydroxylation sites is 1. The topological polar surface area (TPSA) is 185 Å². The lowest BCUT2D eigenvalue weighted by Gasteiger charge is -2.20. The van der Waals surface area contributed by atoms with Crippen molar-refractivity contribution < 1.29 is 19.1 Å². The molecule has 3 aromatic carbocycles. The first-order valence-corrected chi connectivity index (χ1v) is 20.9. The first-order chi connectivity index (χ1) is 29.5. The van der Waals surface area contributed by atoms with Crippen molar-refractivity contribution in [2.24, 2.45) is 5.73 Å². The lowest BCUT2D eigenvalue weighted by Crippen LogP contribution is -2.21. The fourth-order valence-electron chi connectivity index (χ4n) is 8.36. The number of carbonyl (C=O) groups excluding carboxylic acids is 3. The average Bonchev–Trinajstić information content (AvgIpc) is 3.99. The predicted octanol–water partition coefficient (Wildman–Crippen LogP) is 6.87. The number of amides is 3. The van der Waals surface area contributed by atoms with E-state index in [-0.39, 0.29) is 11.8 Å². The second kappa shape index (κ2) is 17.3. The van der Waals surface area contributed by atoms with E-state index in [2.05, 4.69) is 20.1 Å². The van der Waals surface area contributed by atoms with Crippen molar-refractivity contribution in [2.45, 2.75) is 92.0 Å². The molecule has 4 aromatic heterocycles. The minimum atomic E-state index is -0.557. The van der Waals surface area contributed by atoms with E-state index in [1.165, 1.54) is 0 Å². The second-order valence-electron chi connectivity index (χ2n) is 15.6. The van der Waals surface area contributed by atoms with Crippen molar-refractivity contribution in [3.63, 3.8) is 0 Å². The van der Waals surface area contributed by atoms with Crippen molar-refractivity contribution in [1.82, 2.24) is 38.7 Å². The van der Waals surface area contributed by atoms with Gasteiger partial charge in [-0.15, -0.1) is 0 Å². The van der Waals surface area contributed by atoms with Crippen LogP contribution < -0.4 is 26.0 Å². The number of rotatable bonds is 6. The Morgan fingerprint density at radius 1 is 0.836 bits per heavy atom. The zero-order valence-corrected chi connectivity index (χ0v) is 35.4. The van der Waals surface area contributed by atoms with Gasteiger partial charge < -0.3 is 24.5 Å². The van der Waals surface area contributed by atoms with Crippen LogP contribution in [0.1, 0.15) is 92.9 Å². The molecule has 3 amide bonds. The number of ether oxygens (including phenoxy) is 1. The maximum Gasteiger partial charge on any atom is 0.276 e. The molecule has 0 bridgehead atoms. The van der Waals surface area contributed by atoms with Crippen LogP contribution in [-0.4, -0.2) is 70.5 Å². The van der Waals surface area contributed by atoms with Crippen molar-refractivity contribution >= 4 is 57.4 Å². The summed E-state index contributed by atoms with van der Waals surface area (Å²) in [6, 6.07) is 21.1. The Morgan fingerprint density at radius 3 is 2.30 bits per heavy atom. The molecular formula is C45H52N12O4.